The third-order valence-electron chi connectivity index (χ3n) is 2.40. The molecule has 0 bridgehead atoms. The molecule has 19 heavy (non-hydrogen) atoms. The number of aromatic nitrogens is 1. The van der Waals surface area contributed by atoms with Gasteiger partial charge >= 0.3 is 6.18 Å². The Morgan fingerprint density at radius 2 is 1.79 bits per heavy atom. The minimum absolute atomic E-state index is 0.163. The lowest BCUT2D eigenvalue weighted by molar-refractivity contribution is -0.137. The topological polar surface area (TPSA) is 70.2 Å². The van der Waals surface area contributed by atoms with Gasteiger partial charge in [0.1, 0.15) is 0 Å². The molecule has 0 amide bonds. The van der Waals surface area contributed by atoms with Gasteiger partial charge in [0.05, 0.1) is 16.5 Å². The Balaban J connectivity index is 3.04. The molecule has 0 saturated heterocycles. The van der Waals surface area contributed by atoms with Crippen LogP contribution in [-0.2, 0) is 6.18 Å². The first-order chi connectivity index (χ1) is 8.70. The van der Waals surface area contributed by atoms with Crippen molar-refractivity contribution in [1.82, 2.24) is 4.98 Å². The van der Waals surface area contributed by atoms with Crippen LogP contribution in [0.2, 0.25) is 0 Å². The van der Waals surface area contributed by atoms with Crippen LogP contribution in [0.25, 0.3) is 10.9 Å². The van der Waals surface area contributed by atoms with E-state index in [2.05, 4.69) is 20.9 Å². The smallest absolute Gasteiger partial charge is 0.416 e. The fourth-order valence-electron chi connectivity index (χ4n) is 1.59. The normalized spacial score (nSPS) is 11.8. The summed E-state index contributed by atoms with van der Waals surface area (Å²) in [7, 11) is 0. The van der Waals surface area contributed by atoms with Gasteiger partial charge in [-0.05, 0) is 28.1 Å². The lowest BCUT2D eigenvalue weighted by Crippen LogP contribution is -2.07. The predicted octanol–water partition coefficient (Wildman–Crippen LogP) is 2.38. The highest BCUT2D eigenvalue weighted by Crippen LogP contribution is 2.33. The summed E-state index contributed by atoms with van der Waals surface area (Å²) in [6.07, 6.45) is -4.62. The molecular formula is C11H5BrF3NO3. The summed E-state index contributed by atoms with van der Waals surface area (Å²) in [5, 5.41) is 9.11. The third-order valence-corrected chi connectivity index (χ3v) is 3.03. The van der Waals surface area contributed by atoms with Crippen molar-refractivity contribution in [2.45, 2.75) is 6.18 Å². The zero-order chi connectivity index (χ0) is 14.4. The molecule has 2 rings (SSSR count). The molecule has 100 valence electrons. The molecule has 0 aliphatic rings. The molecular weight excluding hydrogens is 331 g/mol. The van der Waals surface area contributed by atoms with Gasteiger partial charge in [-0.15, -0.1) is 0 Å². The summed E-state index contributed by atoms with van der Waals surface area (Å²) < 4.78 is 37.7. The minimum Gasteiger partial charge on any atom is -0.504 e. The van der Waals surface area contributed by atoms with Crippen molar-refractivity contribution in [2.24, 2.45) is 0 Å². The monoisotopic (exact) mass is 335 g/mol. The van der Waals surface area contributed by atoms with Crippen molar-refractivity contribution in [3.63, 3.8) is 0 Å². The van der Waals surface area contributed by atoms with E-state index in [0.29, 0.717) is 18.2 Å². The summed E-state index contributed by atoms with van der Waals surface area (Å²) in [5.41, 5.74) is -3.14. The SMILES string of the molecule is O=c1cc(O)c(=O)c2c(Br)cc(C(F)(F)F)cc2[nH]1. The number of H-pyrrole nitrogens is 1. The number of aromatic hydroxyl groups is 1. The van der Waals surface area contributed by atoms with Crippen LogP contribution in [0.15, 0.2) is 32.3 Å². The van der Waals surface area contributed by atoms with Crippen molar-refractivity contribution in [3.05, 3.63) is 48.8 Å². The molecule has 0 spiro atoms. The number of hydrogen-bond acceptors (Lipinski definition) is 3. The highest BCUT2D eigenvalue weighted by Gasteiger charge is 2.31. The van der Waals surface area contributed by atoms with Crippen LogP contribution >= 0.6 is 15.9 Å². The molecule has 0 aliphatic carbocycles. The molecule has 0 aliphatic heterocycles. The molecule has 1 aromatic heterocycles. The molecule has 0 radical (unpaired) electrons. The molecule has 2 N–H and O–H groups in total. The summed E-state index contributed by atoms with van der Waals surface area (Å²) in [6, 6.07) is 1.96. The fourth-order valence-corrected chi connectivity index (χ4v) is 2.23. The first-order valence-electron chi connectivity index (χ1n) is 4.87. The van der Waals surface area contributed by atoms with Crippen molar-refractivity contribution < 1.29 is 18.3 Å². The summed E-state index contributed by atoms with van der Waals surface area (Å²) >= 11 is 2.84. The molecule has 0 unspecified atom stereocenters. The molecule has 1 heterocycles. The Kier molecular flexibility index (Phi) is 3.13. The first-order valence-corrected chi connectivity index (χ1v) is 5.66. The fraction of sp³-hybridized carbons (Fsp3) is 0.0909. The van der Waals surface area contributed by atoms with Gasteiger partial charge in [0, 0.05) is 10.5 Å². The Bertz CT molecular complexity index is 783. The van der Waals surface area contributed by atoms with Gasteiger partial charge in [-0.2, -0.15) is 13.2 Å². The number of nitrogens with one attached hydrogen (secondary N) is 1. The molecule has 0 atom stereocenters. The largest absolute Gasteiger partial charge is 0.504 e. The maximum absolute atomic E-state index is 12.6. The molecule has 8 heteroatoms. The Morgan fingerprint density at radius 1 is 1.16 bits per heavy atom. The van der Waals surface area contributed by atoms with Crippen molar-refractivity contribution in [1.29, 1.82) is 0 Å². The highest BCUT2D eigenvalue weighted by molar-refractivity contribution is 9.10. The van der Waals surface area contributed by atoms with Crippen molar-refractivity contribution in [3.8, 4) is 5.75 Å². The summed E-state index contributed by atoms with van der Waals surface area (Å²) in [4.78, 5) is 25.1. The molecule has 0 saturated carbocycles. The number of halogens is 4. The van der Waals surface area contributed by atoms with E-state index >= 15 is 0 Å². The van der Waals surface area contributed by atoms with Crippen LogP contribution in [-0.4, -0.2) is 10.1 Å². The average Bonchev–Trinajstić information content (AvgIpc) is 2.35. The molecule has 0 fully saturated rings. The van der Waals surface area contributed by atoms with Gasteiger partial charge in [-0.3, -0.25) is 9.59 Å². The van der Waals surface area contributed by atoms with Gasteiger partial charge in [0.2, 0.25) is 5.43 Å². The summed E-state index contributed by atoms with van der Waals surface area (Å²) in [5.74, 6) is -0.836. The van der Waals surface area contributed by atoms with Gasteiger partial charge < -0.3 is 10.1 Å². The molecule has 1 aromatic carbocycles. The number of alkyl halides is 3. The number of rotatable bonds is 0. The molecule has 2 aromatic rings. The second-order valence-corrected chi connectivity index (χ2v) is 4.58. The average molecular weight is 336 g/mol. The van der Waals surface area contributed by atoms with Gasteiger partial charge in [0.15, 0.2) is 5.75 Å². The first kappa shape index (κ1) is 13.6. The van der Waals surface area contributed by atoms with Gasteiger partial charge in [-0.25, -0.2) is 0 Å². The van der Waals surface area contributed by atoms with E-state index in [0.717, 1.165) is 0 Å². The van der Waals surface area contributed by atoms with E-state index < -0.39 is 28.5 Å². The van der Waals surface area contributed by atoms with Crippen LogP contribution < -0.4 is 11.0 Å². The maximum Gasteiger partial charge on any atom is 0.416 e. The predicted molar refractivity (Wildman–Crippen MR) is 65.2 cm³/mol. The van der Waals surface area contributed by atoms with Crippen LogP contribution in [0, 0.1) is 0 Å². The highest BCUT2D eigenvalue weighted by atomic mass is 79.9. The van der Waals surface area contributed by atoms with Crippen molar-refractivity contribution >= 4 is 26.8 Å². The zero-order valence-corrected chi connectivity index (χ0v) is 10.6. The zero-order valence-electron chi connectivity index (χ0n) is 9.01. The van der Waals surface area contributed by atoms with E-state index in [-0.39, 0.29) is 15.4 Å². The second-order valence-electron chi connectivity index (χ2n) is 3.73. The van der Waals surface area contributed by atoms with Crippen LogP contribution in [0.5, 0.6) is 5.75 Å². The number of fused-ring (bicyclic) bond motifs is 1. The Labute approximate surface area is 111 Å². The van der Waals surface area contributed by atoms with E-state index in [1.807, 2.05) is 0 Å². The second kappa shape index (κ2) is 4.37. The van der Waals surface area contributed by atoms with Gasteiger partial charge in [-0.1, -0.05) is 0 Å². The Hall–Kier alpha value is -1.83. The maximum atomic E-state index is 12.6. The van der Waals surface area contributed by atoms with Crippen LogP contribution in [0.4, 0.5) is 13.2 Å². The van der Waals surface area contributed by atoms with Crippen LogP contribution in [0.1, 0.15) is 5.56 Å². The van der Waals surface area contributed by atoms with E-state index in [1.54, 1.807) is 0 Å². The van der Waals surface area contributed by atoms with E-state index in [9.17, 15) is 27.9 Å². The Morgan fingerprint density at radius 3 is 2.37 bits per heavy atom. The standard InChI is InChI=1S/C11H5BrF3NO3/c12-5-1-4(11(13,14)15)2-6-9(5)10(19)7(17)3-8(18)16-6/h1-3H,(H,16,18)(H,17,19). The lowest BCUT2D eigenvalue weighted by Gasteiger charge is -2.07. The van der Waals surface area contributed by atoms with E-state index in [4.69, 9.17) is 0 Å². The van der Waals surface area contributed by atoms with Crippen molar-refractivity contribution in [2.75, 3.05) is 0 Å². The summed E-state index contributed by atoms with van der Waals surface area (Å²) in [6.45, 7) is 0. The third kappa shape index (κ3) is 2.48. The number of hydrogen-bond donors (Lipinski definition) is 2. The number of benzene rings is 1. The molecule has 4 nitrogen and oxygen atoms in total. The van der Waals surface area contributed by atoms with Crippen LogP contribution in [0.3, 0.4) is 0 Å². The quantitative estimate of drug-likeness (QED) is 0.776. The van der Waals surface area contributed by atoms with Gasteiger partial charge in [0.25, 0.3) is 5.56 Å². The van der Waals surface area contributed by atoms with E-state index in [1.165, 1.54) is 0 Å². The number of aromatic amines is 1. The minimum atomic E-state index is -4.62. The lowest BCUT2D eigenvalue weighted by atomic mass is 10.1.